The summed E-state index contributed by atoms with van der Waals surface area (Å²) >= 11 is 1.54. The van der Waals surface area contributed by atoms with Crippen LogP contribution in [-0.2, 0) is 11.3 Å². The number of unbranched alkanes of at least 4 members (excludes halogenated alkanes) is 1. The molecule has 1 unspecified atom stereocenters. The molecule has 1 fully saturated rings. The van der Waals surface area contributed by atoms with Gasteiger partial charge < -0.3 is 14.2 Å². The minimum absolute atomic E-state index is 0.0571. The summed E-state index contributed by atoms with van der Waals surface area (Å²) in [4.78, 5) is 14.0. The molecule has 3 rings (SSSR count). The maximum Gasteiger partial charge on any atom is 0.235 e. The number of aromatic nitrogens is 3. The number of amides is 1. The van der Waals surface area contributed by atoms with Crippen LogP contribution < -0.4 is 4.74 Å². The number of thioether (sulfide) groups is 1. The Morgan fingerprint density at radius 2 is 2.04 bits per heavy atom. The van der Waals surface area contributed by atoms with E-state index in [-0.39, 0.29) is 11.2 Å². The first-order valence-electron chi connectivity index (χ1n) is 8.63. The number of carbonyl (C=O) groups is 1. The van der Waals surface area contributed by atoms with Crippen LogP contribution in [0.15, 0.2) is 29.4 Å². The Bertz CT molecular complexity index is 729. The van der Waals surface area contributed by atoms with Gasteiger partial charge in [-0.1, -0.05) is 25.1 Å². The molecule has 0 aliphatic carbocycles. The molecule has 134 valence electrons. The van der Waals surface area contributed by atoms with E-state index >= 15 is 0 Å². The number of methoxy groups -OCH3 is 1. The van der Waals surface area contributed by atoms with Gasteiger partial charge in [0, 0.05) is 25.7 Å². The normalized spacial score (nSPS) is 17.3. The van der Waals surface area contributed by atoms with Gasteiger partial charge in [-0.2, -0.15) is 0 Å². The summed E-state index contributed by atoms with van der Waals surface area (Å²) < 4.78 is 7.37. The molecule has 25 heavy (non-hydrogen) atoms. The summed E-state index contributed by atoms with van der Waals surface area (Å²) in [5.41, 5.74) is 1.01. The average molecular weight is 360 g/mol. The fourth-order valence-corrected chi connectivity index (χ4v) is 4.03. The molecule has 6 nitrogen and oxygen atoms in total. The fourth-order valence-electron chi connectivity index (χ4n) is 2.87. The lowest BCUT2D eigenvalue weighted by molar-refractivity contribution is -0.126. The quantitative estimate of drug-likeness (QED) is 0.759. The Balaban J connectivity index is 1.88. The van der Waals surface area contributed by atoms with Crippen molar-refractivity contribution in [3.8, 4) is 17.1 Å². The van der Waals surface area contributed by atoms with Crippen molar-refractivity contribution < 1.29 is 9.53 Å². The molecule has 2 heterocycles. The number of benzene rings is 1. The first-order chi connectivity index (χ1) is 12.1. The van der Waals surface area contributed by atoms with E-state index < -0.39 is 0 Å². The number of hydrogen-bond donors (Lipinski definition) is 0. The van der Waals surface area contributed by atoms with Gasteiger partial charge in [-0.05, 0) is 37.1 Å². The molecule has 1 aromatic heterocycles. The fraction of sp³-hybridized carbons (Fsp3) is 0.500. The molecule has 1 atom stereocenters. The average Bonchev–Trinajstić information content (AvgIpc) is 3.18. The van der Waals surface area contributed by atoms with Gasteiger partial charge in [-0.25, -0.2) is 0 Å². The van der Waals surface area contributed by atoms with E-state index in [9.17, 15) is 4.79 Å². The van der Waals surface area contributed by atoms with E-state index in [1.165, 1.54) is 11.8 Å². The maximum atomic E-state index is 12.2. The second-order valence-corrected chi connectivity index (χ2v) is 7.36. The molecule has 7 heteroatoms. The van der Waals surface area contributed by atoms with Crippen LogP contribution in [0.25, 0.3) is 11.4 Å². The van der Waals surface area contributed by atoms with Crippen molar-refractivity contribution in [2.24, 2.45) is 0 Å². The Kier molecular flexibility index (Phi) is 5.63. The van der Waals surface area contributed by atoms with E-state index in [0.717, 1.165) is 54.6 Å². The summed E-state index contributed by atoms with van der Waals surface area (Å²) in [6, 6.07) is 7.84. The molecule has 1 aromatic carbocycles. The van der Waals surface area contributed by atoms with Gasteiger partial charge in [-0.15, -0.1) is 10.2 Å². The first-order valence-corrected chi connectivity index (χ1v) is 9.51. The van der Waals surface area contributed by atoms with Crippen LogP contribution in [0.4, 0.5) is 0 Å². The monoisotopic (exact) mass is 360 g/mol. The number of rotatable bonds is 7. The zero-order valence-corrected chi connectivity index (χ0v) is 15.8. The highest BCUT2D eigenvalue weighted by molar-refractivity contribution is 8.00. The number of carbonyl (C=O) groups excluding carboxylic acids is 1. The van der Waals surface area contributed by atoms with Crippen molar-refractivity contribution in [3.63, 3.8) is 0 Å². The smallest absolute Gasteiger partial charge is 0.235 e. The number of ether oxygens (including phenoxy) is 1. The van der Waals surface area contributed by atoms with Gasteiger partial charge in [0.05, 0.1) is 12.4 Å². The predicted octanol–water partition coefficient (Wildman–Crippen LogP) is 3.08. The van der Waals surface area contributed by atoms with Crippen LogP contribution in [0.1, 0.15) is 26.2 Å². The SMILES string of the molecule is CCCCn1c(SC2CCN(C)C2=O)nnc1-c1ccc(OC)cc1. The minimum atomic E-state index is -0.0571. The Morgan fingerprint density at radius 3 is 2.64 bits per heavy atom. The molecule has 1 saturated heterocycles. The molecule has 0 spiro atoms. The van der Waals surface area contributed by atoms with Crippen molar-refractivity contribution in [3.05, 3.63) is 24.3 Å². The van der Waals surface area contributed by atoms with Crippen molar-refractivity contribution in [1.29, 1.82) is 0 Å². The number of hydrogen-bond acceptors (Lipinski definition) is 5. The van der Waals surface area contributed by atoms with Crippen LogP contribution in [0.5, 0.6) is 5.75 Å². The van der Waals surface area contributed by atoms with Crippen molar-refractivity contribution >= 4 is 17.7 Å². The molecule has 0 N–H and O–H groups in total. The van der Waals surface area contributed by atoms with E-state index in [0.29, 0.717) is 0 Å². The Hall–Kier alpha value is -2.02. The molecule has 0 bridgehead atoms. The second kappa shape index (κ2) is 7.91. The molecular formula is C18H24N4O2S. The van der Waals surface area contributed by atoms with E-state index in [1.54, 1.807) is 12.0 Å². The molecule has 0 radical (unpaired) electrons. The summed E-state index contributed by atoms with van der Waals surface area (Å²) in [5.74, 6) is 1.84. The molecule has 0 saturated carbocycles. The van der Waals surface area contributed by atoms with Gasteiger partial charge in [0.25, 0.3) is 0 Å². The standard InChI is InChI=1S/C18H24N4O2S/c1-4-5-11-22-16(13-6-8-14(24-3)9-7-13)19-20-18(22)25-15-10-12-21(2)17(15)23/h6-9,15H,4-5,10-12H2,1-3H3. The van der Waals surface area contributed by atoms with Crippen molar-refractivity contribution in [1.82, 2.24) is 19.7 Å². The van der Waals surface area contributed by atoms with Gasteiger partial charge in [0.2, 0.25) is 5.91 Å². The van der Waals surface area contributed by atoms with Gasteiger partial charge in [0.1, 0.15) is 5.75 Å². The topological polar surface area (TPSA) is 60.2 Å². The highest BCUT2D eigenvalue weighted by Crippen LogP contribution is 2.32. The Morgan fingerprint density at radius 1 is 1.28 bits per heavy atom. The summed E-state index contributed by atoms with van der Waals surface area (Å²) in [5, 5.41) is 9.56. The lowest BCUT2D eigenvalue weighted by atomic mass is 10.2. The molecule has 1 aliphatic heterocycles. The van der Waals surface area contributed by atoms with Gasteiger partial charge in [-0.3, -0.25) is 4.79 Å². The Labute approximate surface area is 152 Å². The molecule has 1 amide bonds. The second-order valence-electron chi connectivity index (χ2n) is 6.19. The highest BCUT2D eigenvalue weighted by Gasteiger charge is 2.31. The van der Waals surface area contributed by atoms with Crippen LogP contribution in [0.3, 0.4) is 0 Å². The van der Waals surface area contributed by atoms with Gasteiger partial charge in [0.15, 0.2) is 11.0 Å². The lowest BCUT2D eigenvalue weighted by Crippen LogP contribution is -2.24. The largest absolute Gasteiger partial charge is 0.497 e. The van der Waals surface area contributed by atoms with Crippen molar-refractivity contribution in [2.75, 3.05) is 20.7 Å². The molecule has 2 aromatic rings. The summed E-state index contributed by atoms with van der Waals surface area (Å²) in [6.45, 7) is 3.83. The lowest BCUT2D eigenvalue weighted by Gasteiger charge is -2.12. The van der Waals surface area contributed by atoms with E-state index in [4.69, 9.17) is 4.74 Å². The summed E-state index contributed by atoms with van der Waals surface area (Å²) in [6.07, 6.45) is 3.00. The van der Waals surface area contributed by atoms with Gasteiger partial charge >= 0.3 is 0 Å². The predicted molar refractivity (Wildman–Crippen MR) is 98.8 cm³/mol. The third-order valence-corrected chi connectivity index (χ3v) is 5.66. The third kappa shape index (κ3) is 3.81. The van der Waals surface area contributed by atoms with E-state index in [2.05, 4.69) is 21.7 Å². The van der Waals surface area contributed by atoms with Crippen LogP contribution in [-0.4, -0.2) is 51.5 Å². The van der Waals surface area contributed by atoms with E-state index in [1.807, 2.05) is 31.3 Å². The maximum absolute atomic E-state index is 12.2. The minimum Gasteiger partial charge on any atom is -0.497 e. The van der Waals surface area contributed by atoms with Crippen molar-refractivity contribution in [2.45, 2.75) is 43.1 Å². The summed E-state index contributed by atoms with van der Waals surface area (Å²) in [7, 11) is 3.51. The first kappa shape index (κ1) is 17.8. The van der Waals surface area contributed by atoms with Crippen LogP contribution in [0, 0.1) is 0 Å². The van der Waals surface area contributed by atoms with Crippen LogP contribution >= 0.6 is 11.8 Å². The number of nitrogens with zero attached hydrogens (tertiary/aromatic N) is 4. The zero-order valence-electron chi connectivity index (χ0n) is 14.9. The highest BCUT2D eigenvalue weighted by atomic mass is 32.2. The molecule has 1 aliphatic rings. The van der Waals surface area contributed by atoms with Crippen LogP contribution in [0.2, 0.25) is 0 Å². The molecular weight excluding hydrogens is 336 g/mol. The number of likely N-dealkylation sites (tertiary alicyclic amines) is 1. The zero-order chi connectivity index (χ0) is 17.8. The third-order valence-electron chi connectivity index (χ3n) is 4.43.